The lowest BCUT2D eigenvalue weighted by atomic mass is 9.90. The Morgan fingerprint density at radius 3 is 2.45 bits per heavy atom. The zero-order chi connectivity index (χ0) is 14.4. The number of aryl methyl sites for hydroxylation is 1. The fraction of sp³-hybridized carbons (Fsp3) is 0.333. The van der Waals surface area contributed by atoms with Gasteiger partial charge in [-0.2, -0.15) is 0 Å². The molecule has 2 aromatic rings. The zero-order valence-corrected chi connectivity index (χ0v) is 12.3. The summed E-state index contributed by atoms with van der Waals surface area (Å²) in [6.07, 6.45) is 1.95. The van der Waals surface area contributed by atoms with E-state index in [1.807, 2.05) is 6.07 Å². The van der Waals surface area contributed by atoms with Crippen LogP contribution >= 0.6 is 0 Å². The van der Waals surface area contributed by atoms with Gasteiger partial charge in [0.15, 0.2) is 0 Å². The lowest BCUT2D eigenvalue weighted by Gasteiger charge is -2.17. The SMILES string of the molecule is CCc1cc(C(CN)Cc2ccccc2)ccc1OC. The summed E-state index contributed by atoms with van der Waals surface area (Å²) in [6.45, 7) is 2.81. The quantitative estimate of drug-likeness (QED) is 0.870. The van der Waals surface area contributed by atoms with Crippen molar-refractivity contribution in [3.05, 3.63) is 65.2 Å². The molecule has 1 atom stereocenters. The second kappa shape index (κ2) is 7.11. The highest BCUT2D eigenvalue weighted by atomic mass is 16.5. The van der Waals surface area contributed by atoms with Gasteiger partial charge in [-0.1, -0.05) is 49.4 Å². The maximum Gasteiger partial charge on any atom is 0.122 e. The molecular weight excluding hydrogens is 246 g/mol. The van der Waals surface area contributed by atoms with Gasteiger partial charge in [0.1, 0.15) is 5.75 Å². The Balaban J connectivity index is 2.23. The van der Waals surface area contributed by atoms with Crippen LogP contribution in [0.2, 0.25) is 0 Å². The molecule has 106 valence electrons. The molecule has 0 heterocycles. The molecule has 2 rings (SSSR count). The highest BCUT2D eigenvalue weighted by Gasteiger charge is 2.12. The molecule has 0 spiro atoms. The van der Waals surface area contributed by atoms with Gasteiger partial charge in [0.2, 0.25) is 0 Å². The summed E-state index contributed by atoms with van der Waals surface area (Å²) in [4.78, 5) is 0. The second-order valence-corrected chi connectivity index (χ2v) is 5.05. The highest BCUT2D eigenvalue weighted by molar-refractivity contribution is 5.39. The smallest absolute Gasteiger partial charge is 0.122 e. The lowest BCUT2D eigenvalue weighted by Crippen LogP contribution is -2.15. The number of nitrogens with two attached hydrogens (primary N) is 1. The Kier molecular flexibility index (Phi) is 5.19. The molecule has 0 saturated carbocycles. The van der Waals surface area contributed by atoms with Gasteiger partial charge in [0, 0.05) is 5.92 Å². The van der Waals surface area contributed by atoms with E-state index in [4.69, 9.17) is 10.5 Å². The molecular formula is C18H23NO. The van der Waals surface area contributed by atoms with E-state index in [1.54, 1.807) is 7.11 Å². The first kappa shape index (κ1) is 14.6. The van der Waals surface area contributed by atoms with Crippen LogP contribution in [0.3, 0.4) is 0 Å². The molecule has 1 unspecified atom stereocenters. The first-order valence-electron chi connectivity index (χ1n) is 7.19. The molecule has 0 fully saturated rings. The van der Waals surface area contributed by atoms with Crippen LogP contribution in [0.5, 0.6) is 5.75 Å². The lowest BCUT2D eigenvalue weighted by molar-refractivity contribution is 0.410. The molecule has 0 aromatic heterocycles. The van der Waals surface area contributed by atoms with E-state index in [9.17, 15) is 0 Å². The van der Waals surface area contributed by atoms with E-state index in [-0.39, 0.29) is 0 Å². The Morgan fingerprint density at radius 2 is 1.85 bits per heavy atom. The summed E-state index contributed by atoms with van der Waals surface area (Å²) >= 11 is 0. The van der Waals surface area contributed by atoms with Crippen LogP contribution in [-0.4, -0.2) is 13.7 Å². The molecule has 0 saturated heterocycles. The monoisotopic (exact) mass is 269 g/mol. The third kappa shape index (κ3) is 3.40. The fourth-order valence-electron chi connectivity index (χ4n) is 2.56. The van der Waals surface area contributed by atoms with E-state index < -0.39 is 0 Å². The Hall–Kier alpha value is -1.80. The molecule has 0 aliphatic carbocycles. The van der Waals surface area contributed by atoms with E-state index in [0.29, 0.717) is 12.5 Å². The second-order valence-electron chi connectivity index (χ2n) is 5.05. The molecule has 2 heteroatoms. The molecule has 2 aromatic carbocycles. The van der Waals surface area contributed by atoms with Crippen molar-refractivity contribution in [2.75, 3.05) is 13.7 Å². The van der Waals surface area contributed by atoms with E-state index >= 15 is 0 Å². The van der Waals surface area contributed by atoms with Crippen molar-refractivity contribution in [1.29, 1.82) is 0 Å². The van der Waals surface area contributed by atoms with Crippen LogP contribution < -0.4 is 10.5 Å². The number of ether oxygens (including phenoxy) is 1. The number of rotatable bonds is 6. The van der Waals surface area contributed by atoms with Crippen molar-refractivity contribution in [1.82, 2.24) is 0 Å². The maximum atomic E-state index is 5.98. The summed E-state index contributed by atoms with van der Waals surface area (Å²) in [6, 6.07) is 17.0. The predicted octanol–water partition coefficient (Wildman–Crippen LogP) is 3.54. The first-order chi connectivity index (χ1) is 9.78. The van der Waals surface area contributed by atoms with Crippen molar-refractivity contribution in [3.8, 4) is 5.75 Å². The summed E-state index contributed by atoms with van der Waals surface area (Å²) < 4.78 is 5.39. The standard InChI is InChI=1S/C18H23NO/c1-3-15-12-16(9-10-18(15)20-2)17(13-19)11-14-7-5-4-6-8-14/h4-10,12,17H,3,11,13,19H2,1-2H3. The summed E-state index contributed by atoms with van der Waals surface area (Å²) in [7, 11) is 1.72. The average molecular weight is 269 g/mol. The third-order valence-electron chi connectivity index (χ3n) is 3.77. The normalized spacial score (nSPS) is 12.2. The summed E-state index contributed by atoms with van der Waals surface area (Å²) in [5, 5.41) is 0. The van der Waals surface area contributed by atoms with Gasteiger partial charge < -0.3 is 10.5 Å². The fourth-order valence-corrected chi connectivity index (χ4v) is 2.56. The number of hydrogen-bond acceptors (Lipinski definition) is 2. The predicted molar refractivity (Wildman–Crippen MR) is 84.3 cm³/mol. The minimum atomic E-state index is 0.355. The molecule has 2 N–H and O–H groups in total. The average Bonchev–Trinajstić information content (AvgIpc) is 2.53. The Morgan fingerprint density at radius 1 is 1.10 bits per heavy atom. The minimum absolute atomic E-state index is 0.355. The number of benzene rings is 2. The van der Waals surface area contributed by atoms with Gasteiger partial charge in [0.25, 0.3) is 0 Å². The zero-order valence-electron chi connectivity index (χ0n) is 12.3. The third-order valence-corrected chi connectivity index (χ3v) is 3.77. The van der Waals surface area contributed by atoms with Crippen LogP contribution in [-0.2, 0) is 12.8 Å². The molecule has 0 radical (unpaired) electrons. The van der Waals surface area contributed by atoms with Gasteiger partial charge in [0.05, 0.1) is 7.11 Å². The van der Waals surface area contributed by atoms with Crippen LogP contribution in [0.1, 0.15) is 29.5 Å². The van der Waals surface area contributed by atoms with Crippen molar-refractivity contribution < 1.29 is 4.74 Å². The van der Waals surface area contributed by atoms with Gasteiger partial charge in [-0.25, -0.2) is 0 Å². The molecule has 0 aliphatic rings. The van der Waals surface area contributed by atoms with Crippen molar-refractivity contribution in [2.45, 2.75) is 25.7 Å². The van der Waals surface area contributed by atoms with Gasteiger partial charge in [-0.3, -0.25) is 0 Å². The van der Waals surface area contributed by atoms with Crippen LogP contribution in [0.25, 0.3) is 0 Å². The van der Waals surface area contributed by atoms with Gasteiger partial charge in [-0.15, -0.1) is 0 Å². The molecule has 0 bridgehead atoms. The first-order valence-corrected chi connectivity index (χ1v) is 7.19. The van der Waals surface area contributed by atoms with E-state index in [2.05, 4.69) is 49.4 Å². The molecule has 0 amide bonds. The van der Waals surface area contributed by atoms with Gasteiger partial charge in [-0.05, 0) is 42.1 Å². The van der Waals surface area contributed by atoms with Gasteiger partial charge >= 0.3 is 0 Å². The maximum absolute atomic E-state index is 5.98. The largest absolute Gasteiger partial charge is 0.496 e. The van der Waals surface area contributed by atoms with Crippen LogP contribution in [0.4, 0.5) is 0 Å². The summed E-state index contributed by atoms with van der Waals surface area (Å²) in [5.74, 6) is 1.32. The Bertz CT molecular complexity index is 536. The summed E-state index contributed by atoms with van der Waals surface area (Å²) in [5.41, 5.74) is 9.86. The number of hydrogen-bond donors (Lipinski definition) is 1. The van der Waals surface area contributed by atoms with E-state index in [0.717, 1.165) is 18.6 Å². The highest BCUT2D eigenvalue weighted by Crippen LogP contribution is 2.26. The number of methoxy groups -OCH3 is 1. The van der Waals surface area contributed by atoms with Crippen LogP contribution in [0.15, 0.2) is 48.5 Å². The van der Waals surface area contributed by atoms with E-state index in [1.165, 1.54) is 16.7 Å². The molecule has 0 aliphatic heterocycles. The Labute approximate surface area is 121 Å². The van der Waals surface area contributed by atoms with Crippen molar-refractivity contribution in [2.24, 2.45) is 5.73 Å². The topological polar surface area (TPSA) is 35.2 Å². The van der Waals surface area contributed by atoms with Crippen molar-refractivity contribution in [3.63, 3.8) is 0 Å². The van der Waals surface area contributed by atoms with Crippen molar-refractivity contribution >= 4 is 0 Å². The molecule has 2 nitrogen and oxygen atoms in total. The van der Waals surface area contributed by atoms with Crippen LogP contribution in [0, 0.1) is 0 Å². The molecule has 20 heavy (non-hydrogen) atoms. The minimum Gasteiger partial charge on any atom is -0.496 e.